The third-order valence-corrected chi connectivity index (χ3v) is 3.48. The van der Waals surface area contributed by atoms with E-state index in [0.29, 0.717) is 12.5 Å². The van der Waals surface area contributed by atoms with Crippen molar-refractivity contribution in [1.82, 2.24) is 5.32 Å². The Morgan fingerprint density at radius 2 is 1.82 bits per heavy atom. The summed E-state index contributed by atoms with van der Waals surface area (Å²) in [5.41, 5.74) is 5.05. The van der Waals surface area contributed by atoms with Gasteiger partial charge in [-0.2, -0.15) is 0 Å². The van der Waals surface area contributed by atoms with Crippen LogP contribution in [0.5, 0.6) is 0 Å². The number of nitrogens with one attached hydrogen (secondary N) is 1. The van der Waals surface area contributed by atoms with E-state index in [9.17, 15) is 9.90 Å². The third-order valence-electron chi connectivity index (χ3n) is 3.48. The molecule has 0 aromatic rings. The highest BCUT2D eigenvalue weighted by atomic mass is 16.3. The van der Waals surface area contributed by atoms with E-state index < -0.39 is 6.03 Å². The molecule has 3 unspecified atom stereocenters. The maximum Gasteiger partial charge on any atom is 0.312 e. The lowest BCUT2D eigenvalue weighted by molar-refractivity contribution is 0.0426. The first-order valence-electron chi connectivity index (χ1n) is 6.78. The third kappa shape index (κ3) is 6.51. The predicted molar refractivity (Wildman–Crippen MR) is 70.7 cm³/mol. The number of hydrogen-bond donors (Lipinski definition) is 3. The second-order valence-electron chi connectivity index (χ2n) is 4.71. The molecule has 0 saturated heterocycles. The first kappa shape index (κ1) is 16.2. The van der Waals surface area contributed by atoms with E-state index in [1.807, 2.05) is 6.92 Å². The van der Waals surface area contributed by atoms with Crippen LogP contribution < -0.4 is 11.1 Å². The highest BCUT2D eigenvalue weighted by molar-refractivity contribution is 5.71. The number of urea groups is 1. The van der Waals surface area contributed by atoms with E-state index in [2.05, 4.69) is 19.2 Å². The van der Waals surface area contributed by atoms with Crippen LogP contribution in [-0.4, -0.2) is 23.8 Å². The van der Waals surface area contributed by atoms with Crippen molar-refractivity contribution in [3.8, 4) is 0 Å². The van der Waals surface area contributed by atoms with Gasteiger partial charge in [0.05, 0.1) is 6.10 Å². The largest absolute Gasteiger partial charge is 0.392 e. The number of hydrogen-bond acceptors (Lipinski definition) is 2. The molecule has 0 saturated carbocycles. The smallest absolute Gasteiger partial charge is 0.312 e. The molecule has 4 N–H and O–H groups in total. The Bertz CT molecular complexity index is 210. The monoisotopic (exact) mass is 244 g/mol. The van der Waals surface area contributed by atoms with Gasteiger partial charge in [0, 0.05) is 12.5 Å². The number of aliphatic hydroxyl groups is 1. The summed E-state index contributed by atoms with van der Waals surface area (Å²) in [7, 11) is 0. The molecule has 3 atom stereocenters. The Morgan fingerprint density at radius 1 is 1.24 bits per heavy atom. The maximum absolute atomic E-state index is 10.7. The van der Waals surface area contributed by atoms with Crippen LogP contribution in [0.2, 0.25) is 0 Å². The minimum absolute atomic E-state index is 0.101. The van der Waals surface area contributed by atoms with Gasteiger partial charge in [0.2, 0.25) is 0 Å². The first-order valence-corrected chi connectivity index (χ1v) is 6.78. The van der Waals surface area contributed by atoms with Gasteiger partial charge in [0.25, 0.3) is 0 Å². The maximum atomic E-state index is 10.7. The number of unbranched alkanes of at least 4 members (excludes halogenated alkanes) is 1. The van der Waals surface area contributed by atoms with Crippen molar-refractivity contribution in [3.63, 3.8) is 0 Å². The molecule has 4 nitrogen and oxygen atoms in total. The summed E-state index contributed by atoms with van der Waals surface area (Å²) < 4.78 is 0. The first-order chi connectivity index (χ1) is 8.06. The highest BCUT2D eigenvalue weighted by Crippen LogP contribution is 2.23. The number of primary amides is 1. The van der Waals surface area contributed by atoms with Gasteiger partial charge in [0.15, 0.2) is 0 Å². The average molecular weight is 244 g/mol. The fraction of sp³-hybridized carbons (Fsp3) is 0.923. The molecule has 0 rings (SSSR count). The van der Waals surface area contributed by atoms with Crippen LogP contribution in [0.3, 0.4) is 0 Å². The fourth-order valence-electron chi connectivity index (χ4n) is 2.21. The molecule has 0 fully saturated rings. The number of amides is 2. The van der Waals surface area contributed by atoms with Gasteiger partial charge in [-0.3, -0.25) is 0 Å². The highest BCUT2D eigenvalue weighted by Gasteiger charge is 2.25. The zero-order chi connectivity index (χ0) is 13.3. The van der Waals surface area contributed by atoms with Crippen LogP contribution in [-0.2, 0) is 0 Å². The van der Waals surface area contributed by atoms with Crippen LogP contribution in [0, 0.1) is 11.8 Å². The van der Waals surface area contributed by atoms with Crippen molar-refractivity contribution in [2.24, 2.45) is 17.6 Å². The standard InChI is InChI=1S/C13H28N2O2/c1-4-7-8-10(5-2)12(16)11(6-3)9-15-13(14)17/h10-12,16H,4-9H2,1-3H3,(H3,14,15,17). The molecule has 0 aliphatic heterocycles. The van der Waals surface area contributed by atoms with Gasteiger partial charge in [-0.1, -0.05) is 40.0 Å². The van der Waals surface area contributed by atoms with Crippen LogP contribution in [0.4, 0.5) is 4.79 Å². The number of carbonyl (C=O) groups is 1. The molecule has 17 heavy (non-hydrogen) atoms. The summed E-state index contributed by atoms with van der Waals surface area (Å²) >= 11 is 0. The lowest BCUT2D eigenvalue weighted by Gasteiger charge is -2.28. The zero-order valence-electron chi connectivity index (χ0n) is 11.4. The van der Waals surface area contributed by atoms with Gasteiger partial charge in [-0.25, -0.2) is 4.79 Å². The topological polar surface area (TPSA) is 75.3 Å². The summed E-state index contributed by atoms with van der Waals surface area (Å²) in [6, 6.07) is -0.516. The Labute approximate surface area is 105 Å². The summed E-state index contributed by atoms with van der Waals surface area (Å²) in [5.74, 6) is 0.430. The minimum atomic E-state index is -0.516. The number of aliphatic hydroxyl groups excluding tert-OH is 1. The van der Waals surface area contributed by atoms with Crippen molar-refractivity contribution >= 4 is 6.03 Å². The second kappa shape index (κ2) is 9.28. The molecule has 0 aromatic carbocycles. The van der Waals surface area contributed by atoms with Crippen molar-refractivity contribution in [2.45, 2.75) is 59.0 Å². The zero-order valence-corrected chi connectivity index (χ0v) is 11.4. The number of nitrogens with two attached hydrogens (primary N) is 1. The average Bonchev–Trinajstić information content (AvgIpc) is 2.30. The van der Waals surface area contributed by atoms with E-state index in [4.69, 9.17) is 5.73 Å². The van der Waals surface area contributed by atoms with Crippen LogP contribution in [0.25, 0.3) is 0 Å². The van der Waals surface area contributed by atoms with Gasteiger partial charge in [-0.15, -0.1) is 0 Å². The number of carbonyl (C=O) groups excluding carboxylic acids is 1. The van der Waals surface area contributed by atoms with Crippen LogP contribution >= 0.6 is 0 Å². The van der Waals surface area contributed by atoms with Crippen LogP contribution in [0.1, 0.15) is 52.9 Å². The lowest BCUT2D eigenvalue weighted by Crippen LogP contribution is -2.40. The van der Waals surface area contributed by atoms with Crippen molar-refractivity contribution in [3.05, 3.63) is 0 Å². The van der Waals surface area contributed by atoms with Gasteiger partial charge in [0.1, 0.15) is 0 Å². The normalized spacial score (nSPS) is 16.2. The second-order valence-corrected chi connectivity index (χ2v) is 4.71. The molecule has 4 heteroatoms. The fourth-order valence-corrected chi connectivity index (χ4v) is 2.21. The summed E-state index contributed by atoms with van der Waals surface area (Å²) in [5, 5.41) is 12.9. The summed E-state index contributed by atoms with van der Waals surface area (Å²) in [6.07, 6.45) is 4.84. The van der Waals surface area contributed by atoms with E-state index in [1.165, 1.54) is 0 Å². The molecule has 0 bridgehead atoms. The molecule has 0 heterocycles. The predicted octanol–water partition coefficient (Wildman–Crippen LogP) is 2.26. The SMILES string of the molecule is CCCCC(CC)C(O)C(CC)CNC(N)=O. The molecule has 102 valence electrons. The van der Waals surface area contributed by atoms with E-state index in [0.717, 1.165) is 32.1 Å². The van der Waals surface area contributed by atoms with Gasteiger partial charge < -0.3 is 16.2 Å². The van der Waals surface area contributed by atoms with E-state index in [-0.39, 0.29) is 12.0 Å². The minimum Gasteiger partial charge on any atom is -0.392 e. The molecule has 0 radical (unpaired) electrons. The Balaban J connectivity index is 4.26. The molecule has 0 aliphatic carbocycles. The quantitative estimate of drug-likeness (QED) is 0.582. The Morgan fingerprint density at radius 3 is 2.24 bits per heavy atom. The van der Waals surface area contributed by atoms with E-state index >= 15 is 0 Å². The molecule has 0 aromatic heterocycles. The summed E-state index contributed by atoms with van der Waals surface area (Å²) in [4.78, 5) is 10.7. The van der Waals surface area contributed by atoms with Gasteiger partial charge in [-0.05, 0) is 18.8 Å². The molecule has 2 amide bonds. The Hall–Kier alpha value is -0.770. The van der Waals surface area contributed by atoms with E-state index in [1.54, 1.807) is 0 Å². The van der Waals surface area contributed by atoms with Crippen LogP contribution in [0.15, 0.2) is 0 Å². The molecule has 0 aliphatic rings. The molecule has 0 spiro atoms. The van der Waals surface area contributed by atoms with Crippen molar-refractivity contribution in [2.75, 3.05) is 6.54 Å². The summed E-state index contributed by atoms with van der Waals surface area (Å²) in [6.45, 7) is 6.77. The molecular weight excluding hydrogens is 216 g/mol. The van der Waals surface area contributed by atoms with Crippen molar-refractivity contribution < 1.29 is 9.90 Å². The lowest BCUT2D eigenvalue weighted by atomic mass is 9.84. The Kier molecular flexibility index (Phi) is 8.86. The molecular formula is C13H28N2O2. The van der Waals surface area contributed by atoms with Crippen molar-refractivity contribution in [1.29, 1.82) is 0 Å². The number of rotatable bonds is 9. The van der Waals surface area contributed by atoms with Gasteiger partial charge >= 0.3 is 6.03 Å².